The van der Waals surface area contributed by atoms with Gasteiger partial charge < -0.3 is 5.11 Å². The van der Waals surface area contributed by atoms with Crippen LogP contribution in [0.2, 0.25) is 5.02 Å². The summed E-state index contributed by atoms with van der Waals surface area (Å²) >= 11 is 6.33. The fourth-order valence-corrected chi connectivity index (χ4v) is 3.98. The van der Waals surface area contributed by atoms with Crippen LogP contribution in [-0.4, -0.2) is 29.7 Å². The third kappa shape index (κ3) is 3.28. The molecule has 2 aromatic carbocycles. The van der Waals surface area contributed by atoms with Crippen LogP contribution in [0.4, 0.5) is 8.78 Å². The number of halogens is 3. The second kappa shape index (κ2) is 7.20. The van der Waals surface area contributed by atoms with E-state index in [9.17, 15) is 13.9 Å². The molecular formula is C20H18ClF2N5O. The number of hydrogen-bond acceptors (Lipinski definition) is 4. The minimum Gasteiger partial charge on any atom is -0.381 e. The smallest absolute Gasteiger partial charge is 0.137 e. The van der Waals surface area contributed by atoms with Crippen molar-refractivity contribution in [2.75, 3.05) is 0 Å². The molecule has 4 aromatic rings. The third-order valence-electron chi connectivity index (χ3n) is 5.18. The van der Waals surface area contributed by atoms with Crippen molar-refractivity contribution in [1.29, 1.82) is 0 Å². The quantitative estimate of drug-likeness (QED) is 0.532. The highest BCUT2D eigenvalue weighted by atomic mass is 35.5. The molecule has 2 aromatic heterocycles. The van der Waals surface area contributed by atoms with Crippen molar-refractivity contribution in [1.82, 2.24) is 24.5 Å². The minimum absolute atomic E-state index is 0.0646. The highest BCUT2D eigenvalue weighted by Gasteiger charge is 2.41. The second-order valence-electron chi connectivity index (χ2n) is 6.98. The molecule has 4 rings (SSSR count). The molecule has 0 radical (unpaired) electrons. The number of fused-ring (bicyclic) bond motifs is 1. The average Bonchev–Trinajstić information content (AvgIpc) is 3.29. The maximum atomic E-state index is 14.7. The van der Waals surface area contributed by atoms with Crippen LogP contribution in [0.3, 0.4) is 0 Å². The first-order valence-corrected chi connectivity index (χ1v) is 9.32. The lowest BCUT2D eigenvalue weighted by Crippen LogP contribution is -2.41. The van der Waals surface area contributed by atoms with Gasteiger partial charge in [0, 0.05) is 17.0 Å². The summed E-state index contributed by atoms with van der Waals surface area (Å²) in [6.45, 7) is 3.41. The SMILES string of the molecule is Cc1nn([C@H](C)[C@](O)(Cn2cncn2)c2ccc(F)cc2F)c2cccc(Cl)c12. The highest BCUT2D eigenvalue weighted by molar-refractivity contribution is 6.35. The minimum atomic E-state index is -1.81. The fraction of sp³-hybridized carbons (Fsp3) is 0.250. The number of rotatable bonds is 5. The van der Waals surface area contributed by atoms with Crippen molar-refractivity contribution in [3.05, 3.63) is 77.0 Å². The van der Waals surface area contributed by atoms with E-state index in [4.69, 9.17) is 11.6 Å². The van der Waals surface area contributed by atoms with Crippen molar-refractivity contribution in [2.45, 2.75) is 32.0 Å². The standard InChI is InChI=1S/C20H18ClF2N5O/c1-12-19-16(21)4-3-5-18(19)28(26-12)13(2)20(29,9-27-11-24-10-25-27)15-7-6-14(22)8-17(15)23/h3-8,10-11,13,29H,9H2,1-2H3/t13-,20-/m1/s1. The topological polar surface area (TPSA) is 68.8 Å². The van der Waals surface area contributed by atoms with Gasteiger partial charge in [0.1, 0.15) is 29.9 Å². The molecule has 150 valence electrons. The van der Waals surface area contributed by atoms with Gasteiger partial charge in [-0.05, 0) is 32.0 Å². The van der Waals surface area contributed by atoms with Crippen LogP contribution in [0.5, 0.6) is 0 Å². The first-order valence-electron chi connectivity index (χ1n) is 8.95. The summed E-state index contributed by atoms with van der Waals surface area (Å²) in [5.74, 6) is -1.58. The Morgan fingerprint density at radius 1 is 1.24 bits per heavy atom. The van der Waals surface area contributed by atoms with E-state index in [2.05, 4.69) is 15.2 Å². The van der Waals surface area contributed by atoms with Gasteiger partial charge in [-0.3, -0.25) is 4.68 Å². The Morgan fingerprint density at radius 2 is 2.03 bits per heavy atom. The van der Waals surface area contributed by atoms with Crippen LogP contribution in [0.25, 0.3) is 10.9 Å². The van der Waals surface area contributed by atoms with Crippen LogP contribution in [0.1, 0.15) is 24.2 Å². The Kier molecular flexibility index (Phi) is 4.84. The Balaban J connectivity index is 1.91. The molecule has 9 heteroatoms. The molecule has 0 aliphatic carbocycles. The van der Waals surface area contributed by atoms with Gasteiger partial charge in [0.15, 0.2) is 0 Å². The zero-order valence-corrected chi connectivity index (χ0v) is 16.5. The largest absolute Gasteiger partial charge is 0.381 e. The number of hydrogen-bond donors (Lipinski definition) is 1. The van der Waals surface area contributed by atoms with Gasteiger partial charge >= 0.3 is 0 Å². The molecular weight excluding hydrogens is 400 g/mol. The predicted molar refractivity (Wildman–Crippen MR) is 104 cm³/mol. The van der Waals surface area contributed by atoms with Crippen molar-refractivity contribution < 1.29 is 13.9 Å². The van der Waals surface area contributed by atoms with E-state index in [0.29, 0.717) is 16.2 Å². The average molecular weight is 418 g/mol. The van der Waals surface area contributed by atoms with E-state index in [1.54, 1.807) is 23.7 Å². The molecule has 0 spiro atoms. The number of aromatic nitrogens is 5. The van der Waals surface area contributed by atoms with Gasteiger partial charge in [-0.15, -0.1) is 0 Å². The second-order valence-corrected chi connectivity index (χ2v) is 7.39. The van der Waals surface area contributed by atoms with Gasteiger partial charge in [-0.2, -0.15) is 10.2 Å². The van der Waals surface area contributed by atoms with Crippen LogP contribution in [-0.2, 0) is 12.1 Å². The van der Waals surface area contributed by atoms with Crippen molar-refractivity contribution in [2.24, 2.45) is 0 Å². The molecule has 1 N–H and O–H groups in total. The summed E-state index contributed by atoms with van der Waals surface area (Å²) in [6, 6.07) is 7.72. The monoisotopic (exact) mass is 417 g/mol. The van der Waals surface area contributed by atoms with Crippen molar-refractivity contribution >= 4 is 22.5 Å². The lowest BCUT2D eigenvalue weighted by atomic mass is 9.86. The fourth-order valence-electron chi connectivity index (χ4n) is 3.67. The van der Waals surface area contributed by atoms with Gasteiger partial charge in [0.25, 0.3) is 0 Å². The van der Waals surface area contributed by atoms with Crippen LogP contribution in [0.15, 0.2) is 49.1 Å². The Morgan fingerprint density at radius 3 is 2.72 bits per heavy atom. The molecule has 0 saturated carbocycles. The van der Waals surface area contributed by atoms with Crippen molar-refractivity contribution in [3.8, 4) is 0 Å². The van der Waals surface area contributed by atoms with E-state index in [-0.39, 0.29) is 12.1 Å². The van der Waals surface area contributed by atoms with Gasteiger partial charge in [0.05, 0.1) is 28.8 Å². The zero-order chi connectivity index (χ0) is 20.8. The van der Waals surface area contributed by atoms with Crippen molar-refractivity contribution in [3.63, 3.8) is 0 Å². The molecule has 29 heavy (non-hydrogen) atoms. The van der Waals surface area contributed by atoms with Gasteiger partial charge in [-0.1, -0.05) is 23.7 Å². The Bertz CT molecular complexity index is 1180. The summed E-state index contributed by atoms with van der Waals surface area (Å²) in [4.78, 5) is 3.88. The molecule has 0 amide bonds. The molecule has 0 fully saturated rings. The lowest BCUT2D eigenvalue weighted by molar-refractivity contribution is -0.0355. The summed E-state index contributed by atoms with van der Waals surface area (Å²) in [5, 5.41) is 21.6. The molecule has 2 atom stereocenters. The first-order chi connectivity index (χ1) is 13.8. The maximum absolute atomic E-state index is 14.7. The number of aryl methyl sites for hydroxylation is 1. The van der Waals surface area contributed by atoms with Crippen LogP contribution >= 0.6 is 11.6 Å². The summed E-state index contributed by atoms with van der Waals surface area (Å²) in [5.41, 5.74) is -0.494. The van der Waals surface area contributed by atoms with E-state index >= 15 is 0 Å². The number of aliphatic hydroxyl groups is 1. The van der Waals surface area contributed by atoms with E-state index in [1.807, 2.05) is 13.0 Å². The molecule has 0 saturated heterocycles. The van der Waals surface area contributed by atoms with E-state index < -0.39 is 23.3 Å². The van der Waals surface area contributed by atoms with E-state index in [1.165, 1.54) is 23.4 Å². The molecule has 2 heterocycles. The van der Waals surface area contributed by atoms with Gasteiger partial charge in [-0.25, -0.2) is 18.4 Å². The maximum Gasteiger partial charge on any atom is 0.137 e. The Labute approximate surface area is 170 Å². The lowest BCUT2D eigenvalue weighted by Gasteiger charge is -2.35. The van der Waals surface area contributed by atoms with Gasteiger partial charge in [0.2, 0.25) is 0 Å². The third-order valence-corrected chi connectivity index (χ3v) is 5.50. The number of nitrogens with zero attached hydrogens (tertiary/aromatic N) is 5. The molecule has 0 unspecified atom stereocenters. The highest BCUT2D eigenvalue weighted by Crippen LogP contribution is 2.39. The first kappa shape index (κ1) is 19.5. The summed E-state index contributed by atoms with van der Waals surface area (Å²) < 4.78 is 31.3. The Hall–Kier alpha value is -2.84. The molecule has 6 nitrogen and oxygen atoms in total. The predicted octanol–water partition coefficient (Wildman–Crippen LogP) is 4.02. The van der Waals surface area contributed by atoms with E-state index in [0.717, 1.165) is 17.5 Å². The zero-order valence-electron chi connectivity index (χ0n) is 15.7. The molecule has 0 aliphatic heterocycles. The van der Waals surface area contributed by atoms with Crippen LogP contribution < -0.4 is 0 Å². The summed E-state index contributed by atoms with van der Waals surface area (Å²) in [6.07, 6.45) is 2.74. The van der Waals surface area contributed by atoms with Crippen LogP contribution in [0, 0.1) is 18.6 Å². The molecule has 0 aliphatic rings. The molecule has 0 bridgehead atoms. The normalized spacial score (nSPS) is 14.8. The summed E-state index contributed by atoms with van der Waals surface area (Å²) in [7, 11) is 0. The number of benzene rings is 2.